The summed E-state index contributed by atoms with van der Waals surface area (Å²) in [6.45, 7) is 0. The molecule has 1 aliphatic carbocycles. The highest BCUT2D eigenvalue weighted by Gasteiger charge is 2.24. The van der Waals surface area contributed by atoms with Gasteiger partial charge in [0.05, 0.1) is 5.02 Å². The third-order valence-corrected chi connectivity index (χ3v) is 6.05. The SMILES string of the molecule is O=C(O)CC1CCC(c2ccc(NC(=O)c3nnc(Nc4ccc(Cl)c(F)c4)o3)cc2)CC1. The van der Waals surface area contributed by atoms with E-state index in [4.69, 9.17) is 21.1 Å². The first kappa shape index (κ1) is 22.7. The van der Waals surface area contributed by atoms with E-state index in [0.29, 0.717) is 17.3 Å². The van der Waals surface area contributed by atoms with Crippen LogP contribution in [0, 0.1) is 11.7 Å². The Bertz CT molecular complexity index is 1140. The molecule has 1 aliphatic rings. The number of anilines is 3. The Hall–Kier alpha value is -3.46. The number of rotatable bonds is 7. The van der Waals surface area contributed by atoms with Crippen LogP contribution in [0.4, 0.5) is 21.8 Å². The molecule has 8 nitrogen and oxygen atoms in total. The smallest absolute Gasteiger partial charge is 0.320 e. The molecule has 0 saturated heterocycles. The van der Waals surface area contributed by atoms with Gasteiger partial charge < -0.3 is 20.2 Å². The standard InChI is InChI=1S/C23H22ClFN4O4/c24-18-10-9-17(12-19(18)25)27-23-29-28-22(33-23)21(32)26-16-7-5-15(6-8-16)14-3-1-13(2-4-14)11-20(30)31/h5-10,12-14H,1-4,11H2,(H,26,32)(H,27,29)(H,30,31). The van der Waals surface area contributed by atoms with Gasteiger partial charge in [-0.15, -0.1) is 5.10 Å². The predicted octanol–water partition coefficient (Wildman–Crippen LogP) is 5.61. The number of carboxylic acid groups (broad SMARTS) is 1. The molecule has 172 valence electrons. The van der Waals surface area contributed by atoms with Crippen LogP contribution in [0.3, 0.4) is 0 Å². The Labute approximate surface area is 194 Å². The van der Waals surface area contributed by atoms with Crippen molar-refractivity contribution in [2.24, 2.45) is 5.92 Å². The van der Waals surface area contributed by atoms with E-state index < -0.39 is 17.7 Å². The summed E-state index contributed by atoms with van der Waals surface area (Å²) in [7, 11) is 0. The zero-order valence-corrected chi connectivity index (χ0v) is 18.3. The van der Waals surface area contributed by atoms with E-state index in [1.807, 2.05) is 24.3 Å². The highest BCUT2D eigenvalue weighted by Crippen LogP contribution is 2.37. The van der Waals surface area contributed by atoms with Gasteiger partial charge in [-0.1, -0.05) is 28.8 Å². The Morgan fingerprint density at radius 1 is 1.06 bits per heavy atom. The summed E-state index contributed by atoms with van der Waals surface area (Å²) in [4.78, 5) is 23.3. The zero-order valence-electron chi connectivity index (χ0n) is 17.6. The number of carbonyl (C=O) groups excluding carboxylic acids is 1. The maximum atomic E-state index is 13.5. The lowest BCUT2D eigenvalue weighted by molar-refractivity contribution is -0.138. The molecule has 1 aromatic heterocycles. The van der Waals surface area contributed by atoms with Gasteiger partial charge in [-0.3, -0.25) is 9.59 Å². The minimum atomic E-state index is -0.735. The number of amides is 1. The van der Waals surface area contributed by atoms with Crippen LogP contribution in [0.25, 0.3) is 0 Å². The van der Waals surface area contributed by atoms with Gasteiger partial charge in [0.2, 0.25) is 0 Å². The van der Waals surface area contributed by atoms with Gasteiger partial charge in [0.1, 0.15) is 5.82 Å². The summed E-state index contributed by atoms with van der Waals surface area (Å²) in [6.07, 6.45) is 3.97. The average molecular weight is 473 g/mol. The van der Waals surface area contributed by atoms with Crippen LogP contribution >= 0.6 is 11.6 Å². The van der Waals surface area contributed by atoms with Crippen LogP contribution in [0.2, 0.25) is 5.02 Å². The largest absolute Gasteiger partial charge is 0.481 e. The first-order valence-electron chi connectivity index (χ1n) is 10.6. The molecule has 0 aliphatic heterocycles. The second-order valence-electron chi connectivity index (χ2n) is 8.06. The second-order valence-corrected chi connectivity index (χ2v) is 8.47. The molecule has 3 aromatic rings. The van der Waals surface area contributed by atoms with E-state index in [2.05, 4.69) is 20.8 Å². The molecular formula is C23H22ClFN4O4. The van der Waals surface area contributed by atoms with E-state index in [0.717, 1.165) is 25.7 Å². The van der Waals surface area contributed by atoms with Gasteiger partial charge in [-0.05, 0) is 73.4 Å². The lowest BCUT2D eigenvalue weighted by Gasteiger charge is -2.28. The minimum absolute atomic E-state index is 0.0111. The van der Waals surface area contributed by atoms with Crippen molar-refractivity contribution >= 4 is 40.9 Å². The molecule has 1 heterocycles. The molecule has 0 bridgehead atoms. The molecule has 3 N–H and O–H groups in total. The topological polar surface area (TPSA) is 117 Å². The van der Waals surface area contributed by atoms with Crippen molar-refractivity contribution in [2.45, 2.75) is 38.0 Å². The van der Waals surface area contributed by atoms with Gasteiger partial charge in [0, 0.05) is 17.8 Å². The number of hydrogen-bond acceptors (Lipinski definition) is 6. The minimum Gasteiger partial charge on any atom is -0.481 e. The van der Waals surface area contributed by atoms with Crippen molar-refractivity contribution in [1.82, 2.24) is 10.2 Å². The van der Waals surface area contributed by atoms with E-state index in [1.165, 1.54) is 23.8 Å². The number of benzene rings is 2. The summed E-state index contributed by atoms with van der Waals surface area (Å²) in [5.41, 5.74) is 2.09. The first-order valence-corrected chi connectivity index (χ1v) is 10.9. The highest BCUT2D eigenvalue weighted by atomic mass is 35.5. The maximum Gasteiger partial charge on any atom is 0.320 e. The van der Waals surface area contributed by atoms with E-state index >= 15 is 0 Å². The molecule has 0 unspecified atom stereocenters. The Morgan fingerprint density at radius 2 is 1.76 bits per heavy atom. The fourth-order valence-electron chi connectivity index (χ4n) is 4.03. The van der Waals surface area contributed by atoms with Crippen molar-refractivity contribution in [3.8, 4) is 0 Å². The maximum absolute atomic E-state index is 13.5. The fourth-order valence-corrected chi connectivity index (χ4v) is 4.15. The normalized spacial score (nSPS) is 18.0. The van der Waals surface area contributed by atoms with Crippen LogP contribution in [-0.2, 0) is 4.79 Å². The first-order chi connectivity index (χ1) is 15.9. The molecule has 0 atom stereocenters. The number of aromatic nitrogens is 2. The van der Waals surface area contributed by atoms with Crippen LogP contribution in [0.5, 0.6) is 0 Å². The third kappa shape index (κ3) is 5.87. The number of nitrogens with one attached hydrogen (secondary N) is 2. The zero-order chi connectivity index (χ0) is 23.4. The molecule has 1 amide bonds. The molecule has 1 fully saturated rings. The van der Waals surface area contributed by atoms with Crippen molar-refractivity contribution < 1.29 is 23.5 Å². The lowest BCUT2D eigenvalue weighted by atomic mass is 9.77. The third-order valence-electron chi connectivity index (χ3n) is 5.74. The van der Waals surface area contributed by atoms with Crippen LogP contribution in [0.15, 0.2) is 46.9 Å². The van der Waals surface area contributed by atoms with Crippen LogP contribution in [0.1, 0.15) is 54.3 Å². The van der Waals surface area contributed by atoms with Gasteiger partial charge in [-0.2, -0.15) is 0 Å². The van der Waals surface area contributed by atoms with E-state index in [9.17, 15) is 14.0 Å². The number of halogens is 2. The monoisotopic (exact) mass is 472 g/mol. The van der Waals surface area contributed by atoms with Crippen molar-refractivity contribution in [1.29, 1.82) is 0 Å². The molecule has 0 radical (unpaired) electrons. The summed E-state index contributed by atoms with van der Waals surface area (Å²) in [5.74, 6) is -1.50. The number of hydrogen-bond donors (Lipinski definition) is 3. The van der Waals surface area contributed by atoms with Crippen LogP contribution < -0.4 is 10.6 Å². The average Bonchev–Trinajstić information content (AvgIpc) is 3.26. The molecular weight excluding hydrogens is 451 g/mol. The van der Waals surface area contributed by atoms with Gasteiger partial charge >= 0.3 is 23.8 Å². The number of nitrogens with zero attached hydrogens (tertiary/aromatic N) is 2. The molecule has 0 spiro atoms. The Kier molecular flexibility index (Phi) is 6.88. The Balaban J connectivity index is 1.32. The van der Waals surface area contributed by atoms with Gasteiger partial charge in [0.15, 0.2) is 0 Å². The van der Waals surface area contributed by atoms with Crippen molar-refractivity contribution in [3.63, 3.8) is 0 Å². The van der Waals surface area contributed by atoms with Crippen molar-refractivity contribution in [2.75, 3.05) is 10.6 Å². The van der Waals surface area contributed by atoms with E-state index in [-0.39, 0.29) is 29.3 Å². The molecule has 33 heavy (non-hydrogen) atoms. The molecule has 2 aromatic carbocycles. The van der Waals surface area contributed by atoms with Crippen LogP contribution in [-0.4, -0.2) is 27.2 Å². The fraction of sp³-hybridized carbons (Fsp3) is 0.304. The lowest BCUT2D eigenvalue weighted by Crippen LogP contribution is -2.16. The summed E-state index contributed by atoms with van der Waals surface area (Å²) in [5, 5.41) is 21.8. The summed E-state index contributed by atoms with van der Waals surface area (Å²) in [6, 6.07) is 11.6. The van der Waals surface area contributed by atoms with E-state index in [1.54, 1.807) is 0 Å². The predicted molar refractivity (Wildman–Crippen MR) is 120 cm³/mol. The molecule has 1 saturated carbocycles. The van der Waals surface area contributed by atoms with Crippen molar-refractivity contribution in [3.05, 3.63) is 64.8 Å². The summed E-state index contributed by atoms with van der Waals surface area (Å²) < 4.78 is 18.8. The highest BCUT2D eigenvalue weighted by molar-refractivity contribution is 6.30. The number of aliphatic carboxylic acids is 1. The number of carbonyl (C=O) groups is 2. The van der Waals surface area contributed by atoms with Gasteiger partial charge in [-0.25, -0.2) is 4.39 Å². The molecule has 4 rings (SSSR count). The second kappa shape index (κ2) is 9.99. The summed E-state index contributed by atoms with van der Waals surface area (Å²) >= 11 is 5.66. The van der Waals surface area contributed by atoms with Gasteiger partial charge in [0.25, 0.3) is 0 Å². The molecule has 10 heteroatoms. The number of carboxylic acids is 1. The quantitative estimate of drug-likeness (QED) is 0.409. The Morgan fingerprint density at radius 3 is 2.42 bits per heavy atom.